The van der Waals surface area contributed by atoms with Gasteiger partial charge in [0, 0.05) is 13.6 Å². The normalized spacial score (nSPS) is 17.2. The Labute approximate surface area is 159 Å². The first kappa shape index (κ1) is 19.2. The van der Waals surface area contributed by atoms with Crippen molar-refractivity contribution in [1.82, 2.24) is 19.7 Å². The summed E-state index contributed by atoms with van der Waals surface area (Å²) >= 11 is 1.14. The van der Waals surface area contributed by atoms with E-state index in [1.807, 2.05) is 6.92 Å². The van der Waals surface area contributed by atoms with Gasteiger partial charge in [0.15, 0.2) is 6.10 Å². The molecule has 1 fully saturated rings. The van der Waals surface area contributed by atoms with Gasteiger partial charge in [-0.15, -0.1) is 11.3 Å². The zero-order chi connectivity index (χ0) is 19.9. The molecule has 1 atom stereocenters. The Morgan fingerprint density at radius 2 is 1.96 bits per heavy atom. The highest BCUT2D eigenvalue weighted by Crippen LogP contribution is 2.29. The minimum atomic E-state index is -1.10. The third-order valence-corrected chi connectivity index (χ3v) is 5.72. The number of thiazole rings is 1. The fraction of sp³-hybridized carbons (Fsp3) is 0.471. The van der Waals surface area contributed by atoms with Gasteiger partial charge < -0.3 is 14.7 Å². The number of nitrogens with zero attached hydrogens (tertiary/aromatic N) is 4. The van der Waals surface area contributed by atoms with Gasteiger partial charge in [0.1, 0.15) is 9.88 Å². The van der Waals surface area contributed by atoms with E-state index in [4.69, 9.17) is 9.84 Å². The summed E-state index contributed by atoms with van der Waals surface area (Å²) in [4.78, 5) is 42.9. The van der Waals surface area contributed by atoms with Gasteiger partial charge in [-0.05, 0) is 26.3 Å². The van der Waals surface area contributed by atoms with Gasteiger partial charge in [0.05, 0.1) is 30.1 Å². The molecule has 0 bridgehead atoms. The summed E-state index contributed by atoms with van der Waals surface area (Å²) in [6.07, 6.45) is -1.03. The Morgan fingerprint density at radius 1 is 1.26 bits per heavy atom. The van der Waals surface area contributed by atoms with Crippen molar-refractivity contribution in [2.24, 2.45) is 7.05 Å². The van der Waals surface area contributed by atoms with Crippen LogP contribution < -0.4 is 5.56 Å². The summed E-state index contributed by atoms with van der Waals surface area (Å²) < 4.78 is 6.42. The number of hydrogen-bond acceptors (Lipinski definition) is 7. The van der Waals surface area contributed by atoms with Crippen LogP contribution in [-0.4, -0.2) is 62.4 Å². The van der Waals surface area contributed by atoms with Crippen molar-refractivity contribution in [3.8, 4) is 10.6 Å². The topological polar surface area (TPSA) is 115 Å². The van der Waals surface area contributed by atoms with Gasteiger partial charge in [-0.25, -0.2) is 14.5 Å². The Bertz CT molecular complexity index is 980. The van der Waals surface area contributed by atoms with E-state index in [2.05, 4.69) is 10.1 Å². The van der Waals surface area contributed by atoms with E-state index in [0.29, 0.717) is 33.4 Å². The number of hydrogen-bond donors (Lipinski definition) is 1. The van der Waals surface area contributed by atoms with Gasteiger partial charge in [0.2, 0.25) is 0 Å². The highest BCUT2D eigenvalue weighted by atomic mass is 32.1. The third-order valence-electron chi connectivity index (χ3n) is 4.56. The SMILES string of the molecule is Cc1nc(-c2c(C)c(C)nn(C)c2=O)sc1C(=O)N1CCOC(C(=O)O)C1. The number of aryl methyl sites for hydroxylation is 3. The van der Waals surface area contributed by atoms with Gasteiger partial charge in [-0.3, -0.25) is 9.59 Å². The van der Waals surface area contributed by atoms with Crippen molar-refractivity contribution in [3.63, 3.8) is 0 Å². The molecular weight excluding hydrogens is 372 g/mol. The van der Waals surface area contributed by atoms with Crippen LogP contribution in [0.2, 0.25) is 0 Å². The fourth-order valence-corrected chi connectivity index (χ4v) is 4.06. The van der Waals surface area contributed by atoms with Crippen LogP contribution in [0.25, 0.3) is 10.6 Å². The number of carbonyl (C=O) groups excluding carboxylic acids is 1. The molecule has 1 aliphatic rings. The number of carboxylic acids is 1. The summed E-state index contributed by atoms with van der Waals surface area (Å²) in [5.41, 5.74) is 2.11. The van der Waals surface area contributed by atoms with Crippen molar-refractivity contribution in [3.05, 3.63) is 32.2 Å². The second-order valence-electron chi connectivity index (χ2n) is 6.40. The van der Waals surface area contributed by atoms with Gasteiger partial charge in [-0.1, -0.05) is 0 Å². The average Bonchev–Trinajstić information content (AvgIpc) is 3.01. The number of morpholine rings is 1. The van der Waals surface area contributed by atoms with E-state index in [0.717, 1.165) is 16.9 Å². The van der Waals surface area contributed by atoms with E-state index in [1.54, 1.807) is 20.9 Å². The quantitative estimate of drug-likeness (QED) is 0.820. The minimum Gasteiger partial charge on any atom is -0.479 e. The molecule has 9 nitrogen and oxygen atoms in total. The lowest BCUT2D eigenvalue weighted by Gasteiger charge is -2.30. The van der Waals surface area contributed by atoms with E-state index < -0.39 is 12.1 Å². The molecule has 0 spiro atoms. The van der Waals surface area contributed by atoms with Crippen LogP contribution in [0.15, 0.2) is 4.79 Å². The molecule has 2 aromatic heterocycles. The van der Waals surface area contributed by atoms with Crippen LogP contribution >= 0.6 is 11.3 Å². The molecule has 1 aliphatic heterocycles. The maximum absolute atomic E-state index is 12.9. The number of carboxylic acid groups (broad SMARTS) is 1. The molecule has 0 aliphatic carbocycles. The van der Waals surface area contributed by atoms with Crippen LogP contribution in [-0.2, 0) is 16.6 Å². The Kier molecular flexibility index (Phi) is 5.11. The molecule has 1 unspecified atom stereocenters. The summed E-state index contributed by atoms with van der Waals surface area (Å²) in [5.74, 6) is -1.40. The van der Waals surface area contributed by atoms with Crippen molar-refractivity contribution >= 4 is 23.2 Å². The first-order chi connectivity index (χ1) is 12.7. The Hall–Kier alpha value is -2.59. The summed E-state index contributed by atoms with van der Waals surface area (Å²) in [6, 6.07) is 0. The Morgan fingerprint density at radius 3 is 2.63 bits per heavy atom. The molecular formula is C17H20N4O5S. The zero-order valence-electron chi connectivity index (χ0n) is 15.5. The monoisotopic (exact) mass is 392 g/mol. The lowest BCUT2D eigenvalue weighted by molar-refractivity contribution is -0.154. The summed E-state index contributed by atoms with van der Waals surface area (Å²) in [7, 11) is 1.57. The predicted octanol–water partition coefficient (Wildman–Crippen LogP) is 0.755. The molecule has 2 aromatic rings. The standard InChI is InChI=1S/C17H20N4O5S/c1-8-9(2)19-20(4)15(22)12(8)14-18-10(3)13(27-14)16(23)21-5-6-26-11(7-21)17(24)25/h11H,5-7H2,1-4H3,(H,24,25). The first-order valence-corrected chi connectivity index (χ1v) is 9.18. The van der Waals surface area contributed by atoms with Crippen molar-refractivity contribution < 1.29 is 19.4 Å². The van der Waals surface area contributed by atoms with Crippen LogP contribution in [0.3, 0.4) is 0 Å². The first-order valence-electron chi connectivity index (χ1n) is 8.36. The van der Waals surface area contributed by atoms with Crippen molar-refractivity contribution in [1.29, 1.82) is 0 Å². The van der Waals surface area contributed by atoms with E-state index in [9.17, 15) is 14.4 Å². The van der Waals surface area contributed by atoms with Gasteiger partial charge >= 0.3 is 5.97 Å². The second-order valence-corrected chi connectivity index (χ2v) is 7.40. The van der Waals surface area contributed by atoms with Crippen molar-refractivity contribution in [2.75, 3.05) is 19.7 Å². The lowest BCUT2D eigenvalue weighted by atomic mass is 10.1. The van der Waals surface area contributed by atoms with Gasteiger partial charge in [0.25, 0.3) is 11.5 Å². The average molecular weight is 392 g/mol. The molecule has 0 radical (unpaired) electrons. The number of carbonyl (C=O) groups is 2. The highest BCUT2D eigenvalue weighted by Gasteiger charge is 2.31. The molecule has 10 heteroatoms. The van der Waals surface area contributed by atoms with E-state index in [1.165, 1.54) is 9.58 Å². The molecule has 0 aromatic carbocycles. The Balaban J connectivity index is 1.97. The second kappa shape index (κ2) is 7.20. The third kappa shape index (κ3) is 3.50. The zero-order valence-corrected chi connectivity index (χ0v) is 16.3. The maximum Gasteiger partial charge on any atom is 0.334 e. The molecule has 3 heterocycles. The lowest BCUT2D eigenvalue weighted by Crippen LogP contribution is -2.48. The number of ether oxygens (including phenoxy) is 1. The molecule has 1 amide bonds. The van der Waals surface area contributed by atoms with Crippen LogP contribution in [0.1, 0.15) is 26.6 Å². The molecule has 3 rings (SSSR count). The van der Waals surface area contributed by atoms with Crippen LogP contribution in [0.4, 0.5) is 0 Å². The van der Waals surface area contributed by atoms with Crippen LogP contribution in [0.5, 0.6) is 0 Å². The minimum absolute atomic E-state index is 0.0179. The molecule has 144 valence electrons. The number of aromatic nitrogens is 3. The summed E-state index contributed by atoms with van der Waals surface area (Å²) in [5, 5.41) is 13.7. The van der Waals surface area contributed by atoms with E-state index in [-0.39, 0.29) is 24.6 Å². The molecule has 1 N–H and O–H groups in total. The largest absolute Gasteiger partial charge is 0.479 e. The fourth-order valence-electron chi connectivity index (χ4n) is 2.93. The smallest absolute Gasteiger partial charge is 0.334 e. The van der Waals surface area contributed by atoms with E-state index >= 15 is 0 Å². The molecule has 1 saturated heterocycles. The molecule has 27 heavy (non-hydrogen) atoms. The number of aliphatic carboxylic acids is 1. The highest BCUT2D eigenvalue weighted by molar-refractivity contribution is 7.17. The number of amides is 1. The van der Waals surface area contributed by atoms with Crippen LogP contribution in [0, 0.1) is 20.8 Å². The predicted molar refractivity (Wildman–Crippen MR) is 98.1 cm³/mol. The van der Waals surface area contributed by atoms with Crippen molar-refractivity contribution in [2.45, 2.75) is 26.9 Å². The maximum atomic E-state index is 12.9. The van der Waals surface area contributed by atoms with Gasteiger partial charge in [-0.2, -0.15) is 5.10 Å². The summed E-state index contributed by atoms with van der Waals surface area (Å²) in [6.45, 7) is 5.77. The number of rotatable bonds is 3. The molecule has 0 saturated carbocycles.